The summed E-state index contributed by atoms with van der Waals surface area (Å²) in [5.41, 5.74) is 0.939. The van der Waals surface area contributed by atoms with E-state index < -0.39 is 0 Å². The van der Waals surface area contributed by atoms with Crippen LogP contribution >= 0.6 is 0 Å². The molecule has 1 saturated heterocycles. The lowest BCUT2D eigenvalue weighted by molar-refractivity contribution is -0.383. The number of nitro groups is 1. The average Bonchev–Trinajstić information content (AvgIpc) is 3.04. The van der Waals surface area contributed by atoms with Crippen LogP contribution in [0.15, 0.2) is 60.9 Å². The van der Waals surface area contributed by atoms with Crippen LogP contribution < -0.4 is 15.0 Å². The highest BCUT2D eigenvalue weighted by molar-refractivity contribution is 5.75. The van der Waals surface area contributed by atoms with Crippen LogP contribution in [0.4, 0.5) is 23.0 Å². The summed E-state index contributed by atoms with van der Waals surface area (Å²) in [4.78, 5) is 22.6. The number of fused-ring (bicyclic) bond motifs is 2. The van der Waals surface area contributed by atoms with Gasteiger partial charge in [-0.25, -0.2) is 9.97 Å². The van der Waals surface area contributed by atoms with E-state index in [1.54, 1.807) is 0 Å². The third kappa shape index (κ3) is 4.40. The molecule has 0 spiro atoms. The predicted molar refractivity (Wildman–Crippen MR) is 132 cm³/mol. The van der Waals surface area contributed by atoms with E-state index in [2.05, 4.69) is 41.0 Å². The molecule has 8 heteroatoms. The van der Waals surface area contributed by atoms with Crippen molar-refractivity contribution in [2.45, 2.75) is 46.1 Å². The summed E-state index contributed by atoms with van der Waals surface area (Å²) in [7, 11) is 0. The highest BCUT2D eigenvalue weighted by Gasteiger charge is 2.51. The monoisotopic (exact) mass is 459 g/mol. The second kappa shape index (κ2) is 8.27. The topological polar surface area (TPSA) is 93.4 Å². The predicted octanol–water partition coefficient (Wildman–Crippen LogP) is 6.33. The van der Waals surface area contributed by atoms with Gasteiger partial charge in [0.25, 0.3) is 0 Å². The molecule has 0 amide bonds. The maximum Gasteiger partial charge on any atom is 0.353 e. The number of nitrogens with one attached hydrogen (secondary N) is 1. The van der Waals surface area contributed by atoms with Crippen molar-refractivity contribution in [1.29, 1.82) is 0 Å². The van der Waals surface area contributed by atoms with Crippen LogP contribution in [0.2, 0.25) is 0 Å². The van der Waals surface area contributed by atoms with E-state index in [0.717, 1.165) is 31.6 Å². The second-order valence-corrected chi connectivity index (χ2v) is 10.6. The van der Waals surface area contributed by atoms with Crippen LogP contribution in [0.5, 0.6) is 11.5 Å². The highest BCUT2D eigenvalue weighted by Crippen LogP contribution is 2.54. The number of benzene rings is 2. The molecule has 2 heterocycles. The molecule has 1 aliphatic carbocycles. The van der Waals surface area contributed by atoms with Crippen molar-refractivity contribution in [3.63, 3.8) is 0 Å². The number of aromatic nitrogens is 2. The molecule has 3 aromatic rings. The fraction of sp³-hybridized carbons (Fsp3) is 0.385. The Balaban J connectivity index is 1.40. The Kier molecular flexibility index (Phi) is 5.38. The second-order valence-electron chi connectivity index (χ2n) is 10.6. The summed E-state index contributed by atoms with van der Waals surface area (Å²) >= 11 is 0. The summed E-state index contributed by atoms with van der Waals surface area (Å²) < 4.78 is 5.83. The number of rotatable bonds is 6. The average molecular weight is 460 g/mol. The molecule has 8 nitrogen and oxygen atoms in total. The molecule has 2 aliphatic rings. The molecule has 0 radical (unpaired) electrons. The lowest BCUT2D eigenvalue weighted by Gasteiger charge is -2.39. The molecular formula is C26H29N5O3. The van der Waals surface area contributed by atoms with Gasteiger partial charge in [0.2, 0.25) is 11.6 Å². The minimum absolute atomic E-state index is 0.0823. The molecule has 1 aliphatic heterocycles. The van der Waals surface area contributed by atoms with E-state index in [4.69, 9.17) is 4.74 Å². The fourth-order valence-corrected chi connectivity index (χ4v) is 5.91. The molecular weight excluding hydrogens is 430 g/mol. The van der Waals surface area contributed by atoms with E-state index in [1.807, 2.05) is 54.6 Å². The molecule has 1 N–H and O–H groups in total. The third-order valence-electron chi connectivity index (χ3n) is 6.77. The van der Waals surface area contributed by atoms with Crippen LogP contribution in [0, 0.1) is 20.9 Å². The van der Waals surface area contributed by atoms with Crippen LogP contribution in [0.25, 0.3) is 0 Å². The molecule has 1 aromatic heterocycles. The Morgan fingerprint density at radius 3 is 2.44 bits per heavy atom. The first-order chi connectivity index (χ1) is 16.2. The molecule has 34 heavy (non-hydrogen) atoms. The van der Waals surface area contributed by atoms with Gasteiger partial charge in [-0.3, -0.25) is 10.1 Å². The van der Waals surface area contributed by atoms with E-state index in [0.29, 0.717) is 17.3 Å². The standard InChI is InChI=1S/C26H29N5O3/c1-25(2)13-19-14-26(3,15-25)16-30(19)24-22(31(32)33)23(27-17-28-24)29-18-9-11-21(12-10-18)34-20-7-5-4-6-8-20/h4-12,17,19H,13-16H2,1-3H3,(H,27,28,29). The van der Waals surface area contributed by atoms with E-state index in [-0.39, 0.29) is 33.3 Å². The van der Waals surface area contributed by atoms with E-state index in [1.165, 1.54) is 6.33 Å². The van der Waals surface area contributed by atoms with E-state index >= 15 is 0 Å². The van der Waals surface area contributed by atoms with E-state index in [9.17, 15) is 10.1 Å². The smallest absolute Gasteiger partial charge is 0.353 e. The summed E-state index contributed by atoms with van der Waals surface area (Å²) in [6, 6.07) is 17.0. The minimum atomic E-state index is -0.375. The van der Waals surface area contributed by atoms with Crippen LogP contribution in [-0.2, 0) is 0 Å². The Hall–Kier alpha value is -3.68. The summed E-state index contributed by atoms with van der Waals surface area (Å²) in [5, 5.41) is 15.3. The molecule has 5 rings (SSSR count). The van der Waals surface area contributed by atoms with Crippen LogP contribution in [0.1, 0.15) is 40.0 Å². The van der Waals surface area contributed by atoms with Gasteiger partial charge in [-0.1, -0.05) is 39.0 Å². The number of para-hydroxylation sites is 1. The lowest BCUT2D eigenvalue weighted by atomic mass is 9.65. The quantitative estimate of drug-likeness (QED) is 0.340. The van der Waals surface area contributed by atoms with Crippen molar-refractivity contribution in [2.24, 2.45) is 10.8 Å². The Morgan fingerprint density at radius 1 is 1.03 bits per heavy atom. The first-order valence-corrected chi connectivity index (χ1v) is 11.6. The number of hydrogen-bond acceptors (Lipinski definition) is 7. The number of ether oxygens (including phenoxy) is 1. The normalized spacial score (nSPS) is 22.9. The van der Waals surface area contributed by atoms with Crippen molar-refractivity contribution >= 4 is 23.0 Å². The Labute approximate surface area is 199 Å². The van der Waals surface area contributed by atoms with Crippen molar-refractivity contribution in [3.8, 4) is 11.5 Å². The van der Waals surface area contributed by atoms with Crippen molar-refractivity contribution in [2.75, 3.05) is 16.8 Å². The number of hydrogen-bond donors (Lipinski definition) is 1. The molecule has 2 aromatic carbocycles. The zero-order valence-electron chi connectivity index (χ0n) is 19.7. The molecule has 2 unspecified atom stereocenters. The summed E-state index contributed by atoms with van der Waals surface area (Å²) in [6.45, 7) is 7.62. The van der Waals surface area contributed by atoms with Gasteiger partial charge in [0.15, 0.2) is 0 Å². The van der Waals surface area contributed by atoms with Gasteiger partial charge in [0.1, 0.15) is 17.8 Å². The summed E-state index contributed by atoms with van der Waals surface area (Å²) in [6.07, 6.45) is 4.54. The first kappa shape index (κ1) is 22.1. The van der Waals surface area contributed by atoms with Crippen LogP contribution in [-0.4, -0.2) is 27.5 Å². The van der Waals surface area contributed by atoms with Crippen LogP contribution in [0.3, 0.4) is 0 Å². The molecule has 176 valence electrons. The van der Waals surface area contributed by atoms with Crippen molar-refractivity contribution < 1.29 is 9.66 Å². The SMILES string of the molecule is CC1(C)CC2CC(C)(CN2c2ncnc(Nc3ccc(Oc4ccccc4)cc3)c2[N+](=O)[O-])C1. The molecule has 2 fully saturated rings. The maximum atomic E-state index is 12.2. The van der Waals surface area contributed by atoms with Gasteiger partial charge >= 0.3 is 5.69 Å². The van der Waals surface area contributed by atoms with Crippen molar-refractivity contribution in [1.82, 2.24) is 9.97 Å². The van der Waals surface area contributed by atoms with Crippen molar-refractivity contribution in [3.05, 3.63) is 71.0 Å². The van der Waals surface area contributed by atoms with Gasteiger partial charge in [-0.2, -0.15) is 0 Å². The zero-order chi connectivity index (χ0) is 23.9. The Bertz CT molecular complexity index is 1200. The Morgan fingerprint density at radius 2 is 1.74 bits per heavy atom. The largest absolute Gasteiger partial charge is 0.457 e. The van der Waals surface area contributed by atoms with Gasteiger partial charge in [-0.05, 0) is 66.5 Å². The van der Waals surface area contributed by atoms with Gasteiger partial charge in [0.05, 0.1) is 4.92 Å². The number of nitrogens with zero attached hydrogens (tertiary/aromatic N) is 4. The maximum absolute atomic E-state index is 12.2. The molecule has 1 saturated carbocycles. The molecule has 2 atom stereocenters. The fourth-order valence-electron chi connectivity index (χ4n) is 5.91. The lowest BCUT2D eigenvalue weighted by Crippen LogP contribution is -2.35. The van der Waals surface area contributed by atoms with Gasteiger partial charge < -0.3 is 15.0 Å². The minimum Gasteiger partial charge on any atom is -0.457 e. The van der Waals surface area contributed by atoms with Gasteiger partial charge in [-0.15, -0.1) is 0 Å². The molecule has 2 bridgehead atoms. The first-order valence-electron chi connectivity index (χ1n) is 11.6. The third-order valence-corrected chi connectivity index (χ3v) is 6.77. The summed E-state index contributed by atoms with van der Waals surface area (Å²) in [5.74, 6) is 2.01. The zero-order valence-corrected chi connectivity index (χ0v) is 19.7. The van der Waals surface area contributed by atoms with Gasteiger partial charge in [0, 0.05) is 18.3 Å². The number of anilines is 3. The highest BCUT2D eigenvalue weighted by atomic mass is 16.6.